The Bertz CT molecular complexity index is 1020. The number of alkyl halides is 3. The van der Waals surface area contributed by atoms with Gasteiger partial charge >= 0.3 is 12.3 Å². The van der Waals surface area contributed by atoms with Gasteiger partial charge in [0.15, 0.2) is 10.9 Å². The summed E-state index contributed by atoms with van der Waals surface area (Å²) in [6.07, 6.45) is -4.76. The third kappa shape index (κ3) is 4.71. The summed E-state index contributed by atoms with van der Waals surface area (Å²) < 4.78 is 45.8. The highest BCUT2D eigenvalue weighted by Crippen LogP contribution is 2.25. The predicted molar refractivity (Wildman–Crippen MR) is 101 cm³/mol. The van der Waals surface area contributed by atoms with Crippen molar-refractivity contribution in [2.75, 3.05) is 5.32 Å². The number of nitrogens with one attached hydrogen (secondary N) is 3. The van der Waals surface area contributed by atoms with E-state index in [4.69, 9.17) is 16.6 Å². The number of furan rings is 1. The Kier molecular flexibility index (Phi) is 5.41. The van der Waals surface area contributed by atoms with Crippen molar-refractivity contribution in [3.8, 4) is 5.75 Å². The van der Waals surface area contributed by atoms with Gasteiger partial charge in [-0.25, -0.2) is 0 Å². The van der Waals surface area contributed by atoms with E-state index >= 15 is 0 Å². The molecule has 3 aromatic rings. The van der Waals surface area contributed by atoms with E-state index in [2.05, 4.69) is 20.9 Å². The van der Waals surface area contributed by atoms with Crippen LogP contribution in [0, 0.1) is 6.92 Å². The van der Waals surface area contributed by atoms with Crippen molar-refractivity contribution in [2.24, 2.45) is 0 Å². The number of para-hydroxylation sites is 1. The molecule has 0 bridgehead atoms. The Labute approximate surface area is 162 Å². The summed E-state index contributed by atoms with van der Waals surface area (Å²) in [5, 5.41) is 3.58. The first-order chi connectivity index (χ1) is 13.2. The van der Waals surface area contributed by atoms with Crippen molar-refractivity contribution in [3.05, 3.63) is 59.9 Å². The lowest BCUT2D eigenvalue weighted by atomic mass is 10.1. The van der Waals surface area contributed by atoms with E-state index in [1.165, 1.54) is 12.1 Å². The van der Waals surface area contributed by atoms with Crippen molar-refractivity contribution < 1.29 is 27.1 Å². The second kappa shape index (κ2) is 7.77. The number of carbonyl (C=O) groups excluding carboxylic acids is 1. The summed E-state index contributed by atoms with van der Waals surface area (Å²) in [4.78, 5) is 12.3. The van der Waals surface area contributed by atoms with Crippen molar-refractivity contribution in [3.63, 3.8) is 0 Å². The standard InChI is InChI=1S/C18H14F3N3O3S/c1-10-13-4-2-3-5-14(13)26-15(10)16(25)23-24-17(28)22-11-6-8-12(9-7-11)27-18(19,20)21/h2-9H,1H3,(H,23,25)(H2,22,24,28). The fraction of sp³-hybridized carbons (Fsp3) is 0.111. The summed E-state index contributed by atoms with van der Waals surface area (Å²) in [6, 6.07) is 12.2. The van der Waals surface area contributed by atoms with Gasteiger partial charge in [0.1, 0.15) is 11.3 Å². The van der Waals surface area contributed by atoms with Crippen LogP contribution >= 0.6 is 12.2 Å². The van der Waals surface area contributed by atoms with Crippen LogP contribution < -0.4 is 20.9 Å². The van der Waals surface area contributed by atoms with Crippen LogP contribution in [0.5, 0.6) is 5.75 Å². The lowest BCUT2D eigenvalue weighted by molar-refractivity contribution is -0.274. The minimum atomic E-state index is -4.76. The molecule has 6 nitrogen and oxygen atoms in total. The monoisotopic (exact) mass is 409 g/mol. The van der Waals surface area contributed by atoms with E-state index in [0.29, 0.717) is 16.8 Å². The van der Waals surface area contributed by atoms with Gasteiger partial charge in [0.2, 0.25) is 0 Å². The first-order valence-electron chi connectivity index (χ1n) is 7.94. The number of hydrogen-bond acceptors (Lipinski definition) is 4. The highest BCUT2D eigenvalue weighted by Gasteiger charge is 2.30. The molecule has 1 amide bonds. The molecule has 3 rings (SSSR count). The smallest absolute Gasteiger partial charge is 0.451 e. The quantitative estimate of drug-likeness (QED) is 0.443. The number of benzene rings is 2. The van der Waals surface area contributed by atoms with E-state index in [0.717, 1.165) is 17.5 Å². The number of fused-ring (bicyclic) bond motifs is 1. The Morgan fingerprint density at radius 2 is 1.75 bits per heavy atom. The average Bonchev–Trinajstić information content (AvgIpc) is 2.97. The molecule has 10 heteroatoms. The number of thiocarbonyl (C=S) groups is 1. The first kappa shape index (κ1) is 19.5. The maximum Gasteiger partial charge on any atom is 0.573 e. The fourth-order valence-corrected chi connectivity index (χ4v) is 2.63. The Balaban J connectivity index is 1.56. The largest absolute Gasteiger partial charge is 0.573 e. The number of amides is 1. The Morgan fingerprint density at radius 3 is 2.39 bits per heavy atom. The fourth-order valence-electron chi connectivity index (χ4n) is 2.46. The van der Waals surface area contributed by atoms with Gasteiger partial charge in [0, 0.05) is 16.6 Å². The molecule has 0 unspecified atom stereocenters. The van der Waals surface area contributed by atoms with Gasteiger partial charge in [-0.1, -0.05) is 18.2 Å². The van der Waals surface area contributed by atoms with Crippen molar-refractivity contribution >= 4 is 39.9 Å². The van der Waals surface area contributed by atoms with Gasteiger partial charge in [-0.3, -0.25) is 15.6 Å². The van der Waals surface area contributed by atoms with Crippen LogP contribution in [-0.4, -0.2) is 17.4 Å². The average molecular weight is 409 g/mol. The second-order valence-corrected chi connectivity index (χ2v) is 6.07. The molecule has 1 aromatic heterocycles. The second-order valence-electron chi connectivity index (χ2n) is 5.66. The number of aryl methyl sites for hydroxylation is 1. The molecule has 0 aliphatic carbocycles. The summed E-state index contributed by atoms with van der Waals surface area (Å²) in [5.41, 5.74) is 6.59. The van der Waals surface area contributed by atoms with Crippen LogP contribution in [0.3, 0.4) is 0 Å². The van der Waals surface area contributed by atoms with Gasteiger partial charge in [-0.2, -0.15) is 0 Å². The number of halogens is 3. The highest BCUT2D eigenvalue weighted by atomic mass is 32.1. The molecule has 0 saturated carbocycles. The number of anilines is 1. The normalized spacial score (nSPS) is 11.1. The number of hydrazine groups is 1. The highest BCUT2D eigenvalue weighted by molar-refractivity contribution is 7.80. The van der Waals surface area contributed by atoms with Crippen LogP contribution in [0.15, 0.2) is 52.9 Å². The summed E-state index contributed by atoms with van der Waals surface area (Å²) in [5.74, 6) is -0.734. The number of ether oxygens (including phenoxy) is 1. The van der Waals surface area contributed by atoms with Gasteiger partial charge in [0.05, 0.1) is 0 Å². The predicted octanol–water partition coefficient (Wildman–Crippen LogP) is 4.27. The molecule has 0 atom stereocenters. The topological polar surface area (TPSA) is 75.5 Å². The zero-order valence-corrected chi connectivity index (χ0v) is 15.2. The Hall–Kier alpha value is -3.27. The van der Waals surface area contributed by atoms with Crippen LogP contribution in [0.1, 0.15) is 16.1 Å². The third-order valence-corrected chi connectivity index (χ3v) is 3.89. The SMILES string of the molecule is Cc1c(C(=O)NNC(=S)Nc2ccc(OC(F)(F)F)cc2)oc2ccccc12. The maximum absolute atomic E-state index is 12.3. The number of hydrogen-bond donors (Lipinski definition) is 3. The van der Waals surface area contributed by atoms with E-state index in [9.17, 15) is 18.0 Å². The van der Waals surface area contributed by atoms with Crippen molar-refractivity contribution in [1.29, 1.82) is 0 Å². The first-order valence-corrected chi connectivity index (χ1v) is 8.35. The molecule has 0 aliphatic rings. The number of rotatable bonds is 3. The van der Waals surface area contributed by atoms with Crippen LogP contribution in [0.2, 0.25) is 0 Å². The molecule has 0 fully saturated rings. The minimum Gasteiger partial charge on any atom is -0.451 e. The third-order valence-electron chi connectivity index (χ3n) is 3.69. The van der Waals surface area contributed by atoms with Crippen molar-refractivity contribution in [1.82, 2.24) is 10.9 Å². The lowest BCUT2D eigenvalue weighted by Crippen LogP contribution is -2.43. The molecular formula is C18H14F3N3O3S. The van der Waals surface area contributed by atoms with Crippen LogP contribution in [0.25, 0.3) is 11.0 Å². The molecule has 28 heavy (non-hydrogen) atoms. The minimum absolute atomic E-state index is 0.0339. The van der Waals surface area contributed by atoms with Crippen LogP contribution in [-0.2, 0) is 0 Å². The van der Waals surface area contributed by atoms with Crippen LogP contribution in [0.4, 0.5) is 18.9 Å². The van der Waals surface area contributed by atoms with Gasteiger partial charge in [-0.05, 0) is 49.5 Å². The molecule has 2 aromatic carbocycles. The lowest BCUT2D eigenvalue weighted by Gasteiger charge is -2.12. The van der Waals surface area contributed by atoms with Gasteiger partial charge in [0.25, 0.3) is 0 Å². The molecule has 3 N–H and O–H groups in total. The zero-order chi connectivity index (χ0) is 20.3. The van der Waals surface area contributed by atoms with Crippen molar-refractivity contribution in [2.45, 2.75) is 13.3 Å². The molecule has 0 spiro atoms. The number of carbonyl (C=O) groups is 1. The molecule has 146 valence electrons. The maximum atomic E-state index is 12.3. The molecule has 0 radical (unpaired) electrons. The van der Waals surface area contributed by atoms with E-state index in [-0.39, 0.29) is 16.6 Å². The summed E-state index contributed by atoms with van der Waals surface area (Å²) in [7, 11) is 0. The van der Waals surface area contributed by atoms with Gasteiger partial charge < -0.3 is 14.5 Å². The Morgan fingerprint density at radius 1 is 1.07 bits per heavy atom. The van der Waals surface area contributed by atoms with E-state index < -0.39 is 12.3 Å². The van der Waals surface area contributed by atoms with Gasteiger partial charge in [-0.15, -0.1) is 13.2 Å². The molecule has 0 aliphatic heterocycles. The molecule has 0 saturated heterocycles. The zero-order valence-electron chi connectivity index (χ0n) is 14.4. The molecule has 1 heterocycles. The van der Waals surface area contributed by atoms with E-state index in [1.54, 1.807) is 19.1 Å². The van der Waals surface area contributed by atoms with E-state index in [1.807, 2.05) is 12.1 Å². The molecular weight excluding hydrogens is 395 g/mol. The summed E-state index contributed by atoms with van der Waals surface area (Å²) >= 11 is 5.04. The summed E-state index contributed by atoms with van der Waals surface area (Å²) in [6.45, 7) is 1.77.